The predicted octanol–water partition coefficient (Wildman–Crippen LogP) is 4.59. The lowest BCUT2D eigenvalue weighted by molar-refractivity contribution is 0.527. The monoisotopic (exact) mass is 404 g/mol. The Kier molecular flexibility index (Phi) is 5.26. The zero-order valence-electron chi connectivity index (χ0n) is 16.6. The van der Waals surface area contributed by atoms with Crippen LogP contribution in [0.5, 0.6) is 0 Å². The first-order valence-corrected chi connectivity index (χ1v) is 11.1. The molecule has 1 aliphatic carbocycles. The summed E-state index contributed by atoms with van der Waals surface area (Å²) in [5.41, 5.74) is 8.00. The number of benzene rings is 3. The van der Waals surface area contributed by atoms with Crippen LogP contribution < -0.4 is 4.72 Å². The molecule has 0 heterocycles. The standard InChI is InChI=1S/C24H24N2O2S/c1-26(2)29(27,28)25-21-15-11-18(12-16-21)17-24-22-9-5-3-7-19(22)13-14-20-8-4-6-10-23(20)24/h3-12,15-17,25H,13-14H2,1-2H3. The third-order valence-corrected chi connectivity index (χ3v) is 6.68. The van der Waals surface area contributed by atoms with Crippen LogP contribution in [0, 0.1) is 0 Å². The molecular formula is C24H24N2O2S. The molecule has 0 amide bonds. The zero-order chi connectivity index (χ0) is 20.4. The Bertz CT molecular complexity index is 1110. The van der Waals surface area contributed by atoms with Gasteiger partial charge in [0, 0.05) is 19.8 Å². The van der Waals surface area contributed by atoms with Gasteiger partial charge in [0.2, 0.25) is 0 Å². The van der Waals surface area contributed by atoms with E-state index in [1.807, 2.05) is 12.1 Å². The maximum atomic E-state index is 12.0. The molecule has 0 saturated heterocycles. The average molecular weight is 405 g/mol. The van der Waals surface area contributed by atoms with Crippen molar-refractivity contribution in [3.05, 3.63) is 101 Å². The molecule has 0 aromatic heterocycles. The van der Waals surface area contributed by atoms with Crippen LogP contribution >= 0.6 is 0 Å². The van der Waals surface area contributed by atoms with Gasteiger partial charge in [-0.2, -0.15) is 12.7 Å². The lowest BCUT2D eigenvalue weighted by Crippen LogP contribution is -2.28. The lowest BCUT2D eigenvalue weighted by atomic mass is 9.92. The molecule has 0 spiro atoms. The first-order valence-electron chi connectivity index (χ1n) is 9.62. The molecule has 0 radical (unpaired) electrons. The third-order valence-electron chi connectivity index (χ3n) is 5.23. The van der Waals surface area contributed by atoms with Crippen molar-refractivity contribution in [2.45, 2.75) is 12.8 Å². The number of aryl methyl sites for hydroxylation is 2. The highest BCUT2D eigenvalue weighted by Crippen LogP contribution is 2.34. The van der Waals surface area contributed by atoms with Gasteiger partial charge in [-0.1, -0.05) is 60.7 Å². The van der Waals surface area contributed by atoms with Crippen LogP contribution in [-0.2, 0) is 23.1 Å². The van der Waals surface area contributed by atoms with Crippen molar-refractivity contribution in [3.63, 3.8) is 0 Å². The lowest BCUT2D eigenvalue weighted by Gasteiger charge is -2.14. The van der Waals surface area contributed by atoms with E-state index in [9.17, 15) is 8.42 Å². The number of fused-ring (bicyclic) bond motifs is 2. The quantitative estimate of drug-likeness (QED) is 0.691. The topological polar surface area (TPSA) is 49.4 Å². The maximum Gasteiger partial charge on any atom is 0.301 e. The minimum absolute atomic E-state index is 0.544. The maximum absolute atomic E-state index is 12.0. The summed E-state index contributed by atoms with van der Waals surface area (Å²) in [7, 11) is -0.504. The molecule has 0 saturated carbocycles. The summed E-state index contributed by atoms with van der Waals surface area (Å²) in [6.45, 7) is 0. The Morgan fingerprint density at radius 1 is 0.793 bits per heavy atom. The van der Waals surface area contributed by atoms with E-state index in [-0.39, 0.29) is 0 Å². The summed E-state index contributed by atoms with van der Waals surface area (Å²) in [6.07, 6.45) is 4.23. The van der Waals surface area contributed by atoms with E-state index in [0.29, 0.717) is 5.69 Å². The van der Waals surface area contributed by atoms with Gasteiger partial charge in [-0.05, 0) is 64.4 Å². The SMILES string of the molecule is CN(C)S(=O)(=O)Nc1ccc(C=C2c3ccccc3CCc3ccccc32)cc1. The van der Waals surface area contributed by atoms with E-state index >= 15 is 0 Å². The van der Waals surface area contributed by atoms with Gasteiger partial charge >= 0.3 is 10.2 Å². The van der Waals surface area contributed by atoms with Gasteiger partial charge in [0.05, 0.1) is 0 Å². The Balaban J connectivity index is 1.75. The summed E-state index contributed by atoms with van der Waals surface area (Å²) in [5, 5.41) is 0. The molecule has 4 rings (SSSR count). The van der Waals surface area contributed by atoms with Crippen LogP contribution in [-0.4, -0.2) is 26.8 Å². The average Bonchev–Trinajstić information content (AvgIpc) is 2.87. The van der Waals surface area contributed by atoms with Gasteiger partial charge in [0.15, 0.2) is 0 Å². The van der Waals surface area contributed by atoms with E-state index in [4.69, 9.17) is 0 Å². The largest absolute Gasteiger partial charge is 0.301 e. The van der Waals surface area contributed by atoms with Gasteiger partial charge in [0.1, 0.15) is 0 Å². The van der Waals surface area contributed by atoms with Gasteiger partial charge in [-0.25, -0.2) is 0 Å². The third kappa shape index (κ3) is 4.11. The number of rotatable bonds is 4. The highest BCUT2D eigenvalue weighted by atomic mass is 32.2. The summed E-state index contributed by atoms with van der Waals surface area (Å²) in [6, 6.07) is 24.6. The van der Waals surface area contributed by atoms with Crippen molar-refractivity contribution >= 4 is 27.5 Å². The molecule has 0 unspecified atom stereocenters. The van der Waals surface area contributed by atoms with E-state index in [0.717, 1.165) is 22.7 Å². The fourth-order valence-corrected chi connectivity index (χ4v) is 4.24. The number of anilines is 1. The fraction of sp³-hybridized carbons (Fsp3) is 0.167. The van der Waals surface area contributed by atoms with Crippen LogP contribution in [0.1, 0.15) is 27.8 Å². The van der Waals surface area contributed by atoms with Crippen molar-refractivity contribution in [1.29, 1.82) is 0 Å². The molecule has 0 fully saturated rings. The zero-order valence-corrected chi connectivity index (χ0v) is 17.4. The number of nitrogens with zero attached hydrogens (tertiary/aromatic N) is 1. The van der Waals surface area contributed by atoms with E-state index < -0.39 is 10.2 Å². The molecule has 148 valence electrons. The van der Waals surface area contributed by atoms with Crippen molar-refractivity contribution in [1.82, 2.24) is 4.31 Å². The van der Waals surface area contributed by atoms with E-state index in [2.05, 4.69) is 59.3 Å². The van der Waals surface area contributed by atoms with Crippen LogP contribution in [0.25, 0.3) is 11.6 Å². The summed E-state index contributed by atoms with van der Waals surface area (Å²) in [4.78, 5) is 0. The molecule has 4 nitrogen and oxygen atoms in total. The molecule has 5 heteroatoms. The Morgan fingerprint density at radius 3 is 1.83 bits per heavy atom. The van der Waals surface area contributed by atoms with Gasteiger partial charge in [-0.3, -0.25) is 4.72 Å². The minimum atomic E-state index is -3.51. The second-order valence-electron chi connectivity index (χ2n) is 7.38. The van der Waals surface area contributed by atoms with E-state index in [1.54, 1.807) is 12.1 Å². The van der Waals surface area contributed by atoms with Crippen LogP contribution in [0.3, 0.4) is 0 Å². The Labute approximate surface area is 172 Å². The Morgan fingerprint density at radius 2 is 1.31 bits per heavy atom. The van der Waals surface area contributed by atoms with Gasteiger partial charge in [0.25, 0.3) is 0 Å². The van der Waals surface area contributed by atoms with Crippen LogP contribution in [0.4, 0.5) is 5.69 Å². The highest BCUT2D eigenvalue weighted by molar-refractivity contribution is 7.90. The normalized spacial score (nSPS) is 13.4. The Hall–Kier alpha value is -2.89. The summed E-state index contributed by atoms with van der Waals surface area (Å²) >= 11 is 0. The predicted molar refractivity (Wildman–Crippen MR) is 120 cm³/mol. The van der Waals surface area contributed by atoms with E-state index in [1.165, 1.54) is 41.9 Å². The number of hydrogen-bond acceptors (Lipinski definition) is 2. The summed E-state index contributed by atoms with van der Waals surface area (Å²) in [5.74, 6) is 0. The van der Waals surface area contributed by atoms with Crippen molar-refractivity contribution in [2.75, 3.05) is 18.8 Å². The number of hydrogen-bond donors (Lipinski definition) is 1. The van der Waals surface area contributed by atoms with Crippen LogP contribution in [0.15, 0.2) is 72.8 Å². The summed E-state index contributed by atoms with van der Waals surface area (Å²) < 4.78 is 27.8. The molecule has 1 aliphatic rings. The molecule has 29 heavy (non-hydrogen) atoms. The smallest absolute Gasteiger partial charge is 0.271 e. The first kappa shape index (κ1) is 19.4. The van der Waals surface area contributed by atoms with Crippen molar-refractivity contribution in [3.8, 4) is 0 Å². The fourth-order valence-electron chi connectivity index (χ4n) is 3.63. The molecule has 0 aliphatic heterocycles. The van der Waals surface area contributed by atoms with Crippen molar-refractivity contribution < 1.29 is 8.42 Å². The van der Waals surface area contributed by atoms with Gasteiger partial charge in [-0.15, -0.1) is 0 Å². The molecule has 0 bridgehead atoms. The molecule has 3 aromatic carbocycles. The number of nitrogens with one attached hydrogen (secondary N) is 1. The van der Waals surface area contributed by atoms with Gasteiger partial charge < -0.3 is 0 Å². The van der Waals surface area contributed by atoms with Crippen molar-refractivity contribution in [2.24, 2.45) is 0 Å². The highest BCUT2D eigenvalue weighted by Gasteiger charge is 2.17. The second kappa shape index (κ2) is 7.85. The molecule has 0 atom stereocenters. The molecule has 3 aromatic rings. The molecular weight excluding hydrogens is 380 g/mol. The van der Waals surface area contributed by atoms with Crippen LogP contribution in [0.2, 0.25) is 0 Å². The molecule has 1 N–H and O–H groups in total. The first-order chi connectivity index (χ1) is 13.9. The minimum Gasteiger partial charge on any atom is -0.271 e. The second-order valence-corrected chi connectivity index (χ2v) is 9.27.